The fourth-order valence-electron chi connectivity index (χ4n) is 1.71. The van der Waals surface area contributed by atoms with Gasteiger partial charge in [-0.15, -0.1) is 5.10 Å². The van der Waals surface area contributed by atoms with Gasteiger partial charge in [0.15, 0.2) is 5.69 Å². The van der Waals surface area contributed by atoms with Crippen molar-refractivity contribution in [2.45, 2.75) is 25.6 Å². The van der Waals surface area contributed by atoms with Crippen molar-refractivity contribution >= 4 is 5.97 Å². The maximum Gasteiger partial charge on any atom is 0.435 e. The Morgan fingerprint density at radius 3 is 2.44 bits per heavy atom. The van der Waals surface area contributed by atoms with Gasteiger partial charge in [0, 0.05) is 5.41 Å². The van der Waals surface area contributed by atoms with Gasteiger partial charge in [-0.2, -0.15) is 13.2 Å². The van der Waals surface area contributed by atoms with E-state index in [9.17, 15) is 18.0 Å². The molecule has 1 aromatic heterocycles. The number of alkyl halides is 3. The fraction of sp³-hybridized carbons (Fsp3) is 0.667. The molecule has 0 aliphatic heterocycles. The van der Waals surface area contributed by atoms with Crippen molar-refractivity contribution in [2.24, 2.45) is 5.41 Å². The maximum absolute atomic E-state index is 12.8. The Balaban J connectivity index is 2.39. The van der Waals surface area contributed by atoms with Crippen LogP contribution >= 0.6 is 0 Å². The number of aliphatic hydroxyl groups is 1. The molecule has 0 saturated heterocycles. The first kappa shape index (κ1) is 12.8. The van der Waals surface area contributed by atoms with Gasteiger partial charge in [0.2, 0.25) is 5.69 Å². The highest BCUT2D eigenvalue weighted by molar-refractivity contribution is 5.86. The zero-order valence-corrected chi connectivity index (χ0v) is 9.11. The molecule has 1 fully saturated rings. The van der Waals surface area contributed by atoms with Crippen molar-refractivity contribution < 1.29 is 28.2 Å². The summed E-state index contributed by atoms with van der Waals surface area (Å²) in [6.45, 7) is -0.439. The van der Waals surface area contributed by atoms with Crippen LogP contribution in [0.2, 0.25) is 0 Å². The van der Waals surface area contributed by atoms with E-state index in [1.807, 2.05) is 0 Å². The standard InChI is InChI=1S/C9H10F3N3O3/c10-9(11,12)6-5(7(17)18)13-14-15(6)3-8(4-16)1-2-8/h16H,1-4H2,(H,17,18). The van der Waals surface area contributed by atoms with Crippen molar-refractivity contribution in [1.29, 1.82) is 0 Å². The zero-order chi connectivity index (χ0) is 13.6. The number of aromatic nitrogens is 3. The van der Waals surface area contributed by atoms with E-state index in [2.05, 4.69) is 10.3 Å². The molecule has 18 heavy (non-hydrogen) atoms. The van der Waals surface area contributed by atoms with Gasteiger partial charge in [-0.05, 0) is 12.8 Å². The van der Waals surface area contributed by atoms with Crippen LogP contribution in [-0.4, -0.2) is 37.8 Å². The van der Waals surface area contributed by atoms with Gasteiger partial charge in [-0.3, -0.25) is 0 Å². The number of rotatable bonds is 4. The van der Waals surface area contributed by atoms with E-state index in [0.717, 1.165) is 0 Å². The summed E-state index contributed by atoms with van der Waals surface area (Å²) in [6.07, 6.45) is -3.67. The molecule has 1 heterocycles. The lowest BCUT2D eigenvalue weighted by molar-refractivity contribution is -0.145. The highest BCUT2D eigenvalue weighted by Gasteiger charge is 2.47. The van der Waals surface area contributed by atoms with Crippen LogP contribution in [0, 0.1) is 5.41 Å². The summed E-state index contributed by atoms with van der Waals surface area (Å²) in [7, 11) is 0. The number of hydrogen-bond donors (Lipinski definition) is 2. The van der Waals surface area contributed by atoms with E-state index in [1.165, 1.54) is 0 Å². The number of carboxylic acids is 1. The third kappa shape index (κ3) is 2.17. The molecule has 9 heteroatoms. The second-order valence-corrected chi connectivity index (χ2v) is 4.41. The van der Waals surface area contributed by atoms with E-state index in [-0.39, 0.29) is 13.2 Å². The topological polar surface area (TPSA) is 88.2 Å². The predicted octanol–water partition coefficient (Wildman–Crippen LogP) is 0.768. The van der Waals surface area contributed by atoms with Gasteiger partial charge in [0.1, 0.15) is 0 Å². The molecule has 100 valence electrons. The van der Waals surface area contributed by atoms with E-state index in [0.29, 0.717) is 17.5 Å². The lowest BCUT2D eigenvalue weighted by Gasteiger charge is -2.14. The summed E-state index contributed by atoms with van der Waals surface area (Å²) in [4.78, 5) is 10.7. The molecule has 0 amide bonds. The number of carboxylic acid groups (broad SMARTS) is 1. The minimum Gasteiger partial charge on any atom is -0.476 e. The molecule has 2 N–H and O–H groups in total. The van der Waals surface area contributed by atoms with Gasteiger partial charge in [0.25, 0.3) is 0 Å². The van der Waals surface area contributed by atoms with Gasteiger partial charge in [0.05, 0.1) is 13.2 Å². The Morgan fingerprint density at radius 1 is 1.44 bits per heavy atom. The molecule has 0 spiro atoms. The highest BCUT2D eigenvalue weighted by atomic mass is 19.4. The van der Waals surface area contributed by atoms with E-state index in [4.69, 9.17) is 10.2 Å². The van der Waals surface area contributed by atoms with Crippen LogP contribution in [0.1, 0.15) is 29.0 Å². The molecule has 1 aliphatic rings. The summed E-state index contributed by atoms with van der Waals surface area (Å²) in [5.41, 5.74) is -3.12. The Hall–Kier alpha value is -1.64. The average Bonchev–Trinajstić information content (AvgIpc) is 2.87. The van der Waals surface area contributed by atoms with Gasteiger partial charge >= 0.3 is 12.1 Å². The Bertz CT molecular complexity index is 479. The van der Waals surface area contributed by atoms with Gasteiger partial charge in [-0.1, -0.05) is 5.21 Å². The van der Waals surface area contributed by atoms with Gasteiger partial charge in [-0.25, -0.2) is 9.48 Å². The number of halogens is 3. The van der Waals surface area contributed by atoms with Crippen LogP contribution < -0.4 is 0 Å². The van der Waals surface area contributed by atoms with Crippen molar-refractivity contribution in [1.82, 2.24) is 15.0 Å². The van der Waals surface area contributed by atoms with Crippen LogP contribution in [0.25, 0.3) is 0 Å². The molecule has 1 aromatic rings. The molecule has 1 saturated carbocycles. The fourth-order valence-corrected chi connectivity index (χ4v) is 1.71. The smallest absolute Gasteiger partial charge is 0.435 e. The molecule has 0 atom stereocenters. The number of carbonyl (C=O) groups is 1. The van der Waals surface area contributed by atoms with Crippen molar-refractivity contribution in [3.05, 3.63) is 11.4 Å². The van der Waals surface area contributed by atoms with Crippen LogP contribution in [0.4, 0.5) is 13.2 Å². The van der Waals surface area contributed by atoms with Crippen LogP contribution in [0.15, 0.2) is 0 Å². The molecule has 1 aliphatic carbocycles. The summed E-state index contributed by atoms with van der Waals surface area (Å²) in [5.74, 6) is -1.78. The Labute approximate surface area is 99.0 Å². The second kappa shape index (κ2) is 3.94. The van der Waals surface area contributed by atoms with Crippen molar-refractivity contribution in [3.8, 4) is 0 Å². The predicted molar refractivity (Wildman–Crippen MR) is 50.7 cm³/mol. The number of aliphatic hydroxyl groups excluding tert-OH is 1. The molecule has 0 radical (unpaired) electrons. The summed E-state index contributed by atoms with van der Waals surface area (Å²) in [5, 5.41) is 24.0. The Morgan fingerprint density at radius 2 is 2.06 bits per heavy atom. The minimum absolute atomic E-state index is 0.182. The average molecular weight is 265 g/mol. The molecule has 6 nitrogen and oxygen atoms in total. The third-order valence-electron chi connectivity index (χ3n) is 2.98. The summed E-state index contributed by atoms with van der Waals surface area (Å²) < 4.78 is 38.8. The molecule has 0 unspecified atom stereocenters. The third-order valence-corrected chi connectivity index (χ3v) is 2.98. The summed E-state index contributed by atoms with van der Waals surface area (Å²) in [6, 6.07) is 0. The SMILES string of the molecule is O=C(O)c1nnn(CC2(CO)CC2)c1C(F)(F)F. The number of aromatic carboxylic acids is 1. The lowest BCUT2D eigenvalue weighted by atomic mass is 10.1. The normalized spacial score (nSPS) is 17.8. The van der Waals surface area contributed by atoms with Gasteiger partial charge < -0.3 is 10.2 Å². The monoisotopic (exact) mass is 265 g/mol. The molecule has 2 rings (SSSR count). The molecule has 0 aromatic carbocycles. The van der Waals surface area contributed by atoms with Crippen LogP contribution in [-0.2, 0) is 12.7 Å². The molecule has 0 bridgehead atoms. The highest BCUT2D eigenvalue weighted by Crippen LogP contribution is 2.47. The maximum atomic E-state index is 12.8. The van der Waals surface area contributed by atoms with E-state index < -0.39 is 28.9 Å². The minimum atomic E-state index is -4.84. The lowest BCUT2D eigenvalue weighted by Crippen LogP contribution is -2.23. The van der Waals surface area contributed by atoms with Crippen LogP contribution in [0.5, 0.6) is 0 Å². The Kier molecular flexibility index (Phi) is 2.80. The largest absolute Gasteiger partial charge is 0.476 e. The number of hydrogen-bond acceptors (Lipinski definition) is 4. The van der Waals surface area contributed by atoms with Crippen molar-refractivity contribution in [3.63, 3.8) is 0 Å². The first-order valence-electron chi connectivity index (χ1n) is 5.14. The van der Waals surface area contributed by atoms with Crippen LogP contribution in [0.3, 0.4) is 0 Å². The summed E-state index contributed by atoms with van der Waals surface area (Å²) >= 11 is 0. The number of nitrogens with zero attached hydrogens (tertiary/aromatic N) is 3. The zero-order valence-electron chi connectivity index (χ0n) is 9.11. The van der Waals surface area contributed by atoms with Crippen molar-refractivity contribution in [2.75, 3.05) is 6.61 Å². The molecular weight excluding hydrogens is 255 g/mol. The van der Waals surface area contributed by atoms with E-state index in [1.54, 1.807) is 0 Å². The molecular formula is C9H10F3N3O3. The first-order chi connectivity index (χ1) is 8.29. The first-order valence-corrected chi connectivity index (χ1v) is 5.14. The van der Waals surface area contributed by atoms with E-state index >= 15 is 0 Å². The quantitative estimate of drug-likeness (QED) is 0.839. The second-order valence-electron chi connectivity index (χ2n) is 4.41.